The van der Waals surface area contributed by atoms with Gasteiger partial charge in [0.25, 0.3) is 0 Å². The van der Waals surface area contributed by atoms with E-state index < -0.39 is 0 Å². The van der Waals surface area contributed by atoms with Crippen LogP contribution in [0.3, 0.4) is 0 Å². The van der Waals surface area contributed by atoms with E-state index in [2.05, 4.69) is 18.3 Å². The molecular formula is C17H23ClN2S. The summed E-state index contributed by atoms with van der Waals surface area (Å²) in [4.78, 5) is 4.83. The lowest BCUT2D eigenvalue weighted by Gasteiger charge is -2.38. The van der Waals surface area contributed by atoms with Gasteiger partial charge in [-0.3, -0.25) is 4.99 Å². The summed E-state index contributed by atoms with van der Waals surface area (Å²) in [6.45, 7) is 3.15. The quantitative estimate of drug-likeness (QED) is 0.824. The van der Waals surface area contributed by atoms with Crippen molar-refractivity contribution in [2.75, 3.05) is 12.3 Å². The first-order chi connectivity index (χ1) is 10.2. The summed E-state index contributed by atoms with van der Waals surface area (Å²) in [6.07, 6.45) is 6.89. The second-order valence-electron chi connectivity index (χ2n) is 6.36. The number of aliphatic imine (C=N–C) groups is 1. The van der Waals surface area contributed by atoms with Crippen LogP contribution in [0.5, 0.6) is 0 Å². The van der Waals surface area contributed by atoms with Crippen molar-refractivity contribution < 1.29 is 0 Å². The molecule has 0 aromatic heterocycles. The normalized spacial score (nSPS) is 22.7. The molecule has 1 saturated carbocycles. The minimum Gasteiger partial charge on any atom is -0.358 e. The first-order valence-electron chi connectivity index (χ1n) is 7.87. The van der Waals surface area contributed by atoms with E-state index in [1.54, 1.807) is 0 Å². The van der Waals surface area contributed by atoms with Crippen LogP contribution in [0.25, 0.3) is 0 Å². The van der Waals surface area contributed by atoms with E-state index in [0.29, 0.717) is 5.41 Å². The lowest BCUT2D eigenvalue weighted by atomic mass is 9.75. The van der Waals surface area contributed by atoms with Crippen LogP contribution in [0, 0.1) is 5.41 Å². The van der Waals surface area contributed by atoms with Gasteiger partial charge in [-0.25, -0.2) is 0 Å². The zero-order valence-corrected chi connectivity index (χ0v) is 14.1. The molecule has 2 nitrogen and oxygen atoms in total. The second-order valence-corrected chi connectivity index (χ2v) is 7.73. The number of halogens is 1. The van der Waals surface area contributed by atoms with Crippen molar-refractivity contribution in [2.24, 2.45) is 10.4 Å². The predicted octanol–water partition coefficient (Wildman–Crippen LogP) is 5.04. The van der Waals surface area contributed by atoms with E-state index in [1.165, 1.54) is 37.9 Å². The fraction of sp³-hybridized carbons (Fsp3) is 0.588. The molecule has 1 aromatic rings. The Kier molecular flexibility index (Phi) is 4.80. The minimum atomic E-state index is 0.199. The first kappa shape index (κ1) is 15.2. The van der Waals surface area contributed by atoms with Crippen LogP contribution in [-0.4, -0.2) is 17.5 Å². The molecule has 114 valence electrons. The molecule has 0 radical (unpaired) electrons. The van der Waals surface area contributed by atoms with Gasteiger partial charge in [0.05, 0.1) is 6.04 Å². The van der Waals surface area contributed by atoms with E-state index in [0.717, 1.165) is 22.3 Å². The van der Waals surface area contributed by atoms with Crippen LogP contribution in [0.15, 0.2) is 29.3 Å². The highest BCUT2D eigenvalue weighted by molar-refractivity contribution is 8.13. The van der Waals surface area contributed by atoms with Gasteiger partial charge in [0, 0.05) is 17.3 Å². The van der Waals surface area contributed by atoms with E-state index in [1.807, 2.05) is 30.0 Å². The van der Waals surface area contributed by atoms with Crippen LogP contribution in [0.2, 0.25) is 5.02 Å². The number of nitrogens with one attached hydrogen (secondary N) is 1. The summed E-state index contributed by atoms with van der Waals surface area (Å²) in [5.41, 5.74) is 1.63. The number of amidine groups is 1. The molecule has 1 aromatic carbocycles. The van der Waals surface area contributed by atoms with Crippen molar-refractivity contribution in [1.29, 1.82) is 0 Å². The Morgan fingerprint density at radius 3 is 2.67 bits per heavy atom. The number of thioether (sulfide) groups is 1. The summed E-state index contributed by atoms with van der Waals surface area (Å²) in [7, 11) is 0. The molecule has 0 bridgehead atoms. The third-order valence-electron chi connectivity index (χ3n) is 4.70. The molecule has 1 aliphatic heterocycles. The maximum atomic E-state index is 6.27. The Hall–Kier alpha value is -0.670. The van der Waals surface area contributed by atoms with Gasteiger partial charge in [-0.2, -0.15) is 0 Å². The van der Waals surface area contributed by atoms with Gasteiger partial charge in [-0.15, -0.1) is 0 Å². The van der Waals surface area contributed by atoms with Crippen molar-refractivity contribution in [1.82, 2.24) is 5.32 Å². The smallest absolute Gasteiger partial charge is 0.157 e. The molecular weight excluding hydrogens is 300 g/mol. The number of benzene rings is 1. The van der Waals surface area contributed by atoms with Crippen molar-refractivity contribution in [2.45, 2.75) is 45.1 Å². The predicted molar refractivity (Wildman–Crippen MR) is 93.3 cm³/mol. The molecule has 1 spiro atoms. The van der Waals surface area contributed by atoms with Crippen LogP contribution in [0.1, 0.15) is 50.6 Å². The zero-order chi connectivity index (χ0) is 14.7. The monoisotopic (exact) mass is 322 g/mol. The van der Waals surface area contributed by atoms with Crippen LogP contribution in [0.4, 0.5) is 0 Å². The third kappa shape index (κ3) is 3.57. The summed E-state index contributed by atoms with van der Waals surface area (Å²) >= 11 is 8.16. The maximum absolute atomic E-state index is 6.27. The second kappa shape index (κ2) is 6.62. The fourth-order valence-electron chi connectivity index (χ4n) is 3.33. The van der Waals surface area contributed by atoms with Crippen molar-refractivity contribution in [3.05, 3.63) is 34.9 Å². The molecule has 1 aliphatic carbocycles. The van der Waals surface area contributed by atoms with Gasteiger partial charge >= 0.3 is 0 Å². The summed E-state index contributed by atoms with van der Waals surface area (Å²) in [5, 5.41) is 5.43. The number of nitrogens with zero attached hydrogens (tertiary/aromatic N) is 1. The zero-order valence-electron chi connectivity index (χ0n) is 12.6. The molecule has 1 unspecified atom stereocenters. The third-order valence-corrected chi connectivity index (χ3v) is 6.32. The largest absolute Gasteiger partial charge is 0.358 e. The molecule has 21 heavy (non-hydrogen) atoms. The number of hydrogen-bond donors (Lipinski definition) is 1. The molecule has 2 aliphatic rings. The van der Waals surface area contributed by atoms with Gasteiger partial charge in [-0.1, -0.05) is 60.8 Å². The number of rotatable bonds is 2. The molecule has 4 heteroatoms. The Balaban J connectivity index is 1.63. The highest BCUT2D eigenvalue weighted by atomic mass is 35.5. The Morgan fingerprint density at radius 1 is 1.24 bits per heavy atom. The van der Waals surface area contributed by atoms with E-state index in [9.17, 15) is 0 Å². The van der Waals surface area contributed by atoms with E-state index >= 15 is 0 Å². The summed E-state index contributed by atoms with van der Waals surface area (Å²) < 4.78 is 0. The lowest BCUT2D eigenvalue weighted by molar-refractivity contribution is 0.232. The van der Waals surface area contributed by atoms with Gasteiger partial charge in [-0.05, 0) is 36.8 Å². The minimum absolute atomic E-state index is 0.199. The van der Waals surface area contributed by atoms with Crippen molar-refractivity contribution in [3.8, 4) is 0 Å². The fourth-order valence-corrected chi connectivity index (χ4v) is 4.87. The van der Waals surface area contributed by atoms with Crippen molar-refractivity contribution >= 4 is 28.5 Å². The summed E-state index contributed by atoms with van der Waals surface area (Å²) in [5.74, 6) is 1.22. The Labute approximate surface area is 136 Å². The van der Waals surface area contributed by atoms with Gasteiger partial charge < -0.3 is 5.32 Å². The Bertz CT molecular complexity index is 523. The molecule has 1 fully saturated rings. The lowest BCUT2D eigenvalue weighted by Crippen LogP contribution is -2.37. The van der Waals surface area contributed by atoms with E-state index in [4.69, 9.17) is 16.6 Å². The van der Waals surface area contributed by atoms with E-state index in [-0.39, 0.29) is 6.04 Å². The molecule has 3 rings (SSSR count). The Morgan fingerprint density at radius 2 is 2.00 bits per heavy atom. The van der Waals surface area contributed by atoms with Crippen LogP contribution >= 0.6 is 23.4 Å². The first-order valence-corrected chi connectivity index (χ1v) is 9.23. The molecule has 1 heterocycles. The standard InChI is InChI=1S/C17H23ClN2S/c1-13(14-7-3-4-8-15(14)18)20-16-19-11-17(12-21-16)9-5-2-6-10-17/h3-4,7-8,13H,2,5-6,9-12H2,1H3,(H,19,20). The summed E-state index contributed by atoms with van der Waals surface area (Å²) in [6, 6.07) is 8.23. The maximum Gasteiger partial charge on any atom is 0.157 e. The number of hydrogen-bond acceptors (Lipinski definition) is 3. The molecule has 1 N–H and O–H groups in total. The van der Waals surface area contributed by atoms with Crippen molar-refractivity contribution in [3.63, 3.8) is 0 Å². The van der Waals surface area contributed by atoms with Crippen LogP contribution < -0.4 is 5.32 Å². The van der Waals surface area contributed by atoms with Gasteiger partial charge in [0.1, 0.15) is 0 Å². The SMILES string of the molecule is CC(NC1=NCC2(CCCCC2)CS1)c1ccccc1Cl. The molecule has 0 saturated heterocycles. The highest BCUT2D eigenvalue weighted by Gasteiger charge is 2.35. The van der Waals surface area contributed by atoms with Gasteiger partial charge in [0.2, 0.25) is 0 Å². The molecule has 0 amide bonds. The van der Waals surface area contributed by atoms with Gasteiger partial charge in [0.15, 0.2) is 5.17 Å². The average molecular weight is 323 g/mol. The van der Waals surface area contributed by atoms with Crippen LogP contribution in [-0.2, 0) is 0 Å². The average Bonchev–Trinajstić information content (AvgIpc) is 2.51. The highest BCUT2D eigenvalue weighted by Crippen LogP contribution is 2.41. The molecule has 1 atom stereocenters. The topological polar surface area (TPSA) is 24.4 Å².